The van der Waals surface area contributed by atoms with Crippen LogP contribution >= 0.6 is 23.5 Å². The number of aromatic hydroxyl groups is 1. The maximum atomic E-state index is 15.7. The summed E-state index contributed by atoms with van der Waals surface area (Å²) in [5.74, 6) is -18.4. The Morgan fingerprint density at radius 1 is 0.561 bits per heavy atom. The van der Waals surface area contributed by atoms with Crippen molar-refractivity contribution in [1.29, 1.82) is 5.41 Å². The van der Waals surface area contributed by atoms with Gasteiger partial charge in [-0.15, -0.1) is 11.8 Å². The first-order valence-corrected chi connectivity index (χ1v) is 46.2. The van der Waals surface area contributed by atoms with Crippen molar-refractivity contribution >= 4 is 152 Å². The zero-order valence-corrected chi connectivity index (χ0v) is 76.7. The predicted molar refractivity (Wildman–Crippen MR) is 488 cm³/mol. The molecule has 3 fully saturated rings. The molecule has 720 valence electrons. The van der Waals surface area contributed by atoms with E-state index in [0.717, 1.165) is 36.3 Å². The molecule has 2 aromatic heterocycles. The third kappa shape index (κ3) is 29.2. The molecular weight excluding hydrogens is 1750 g/mol. The number of carbonyl (C=O) groups is 17. The van der Waals surface area contributed by atoms with Gasteiger partial charge in [-0.3, -0.25) is 86.9 Å². The standard InChI is InChI=1S/C87H124N22O21S2/c1-9-10-22-66-79(123)97-57(21-15-29-92-87(90)91)75(119)104-65(74(118)95-40-71(89)115)44-132-45-72(116)96-60(33-48-24-26-51(112)27-25-48)82(126)105(5)47(4)73(117)99-62(37-70(88)114)84(128)108-30-16-23-67(108)80(124)103-64(43-111)78(122)100-59(32-46(2)3)85(129)109-41-52(113)36-69(109)81(125)98-58(34-49-38-93-55-19-13-11-17-53(49)55)76(120)102-63(42-110)77(121)101-61(35-50-39-94-56-20-14-12-18-54(50)56)83(127)107(7)68(28-31-131-8)86(130)106(66)6/h11-14,17-20,24-27,38-39,46-47,52,57-69,93-94,110-113H,9-10,15-16,21-23,28-37,40-45H2,1-8H3,(H2,88,114)(H2,89,115)(H,95,118)(H,96,116)(H,97,123)(H,98,125)(H,99,117)(H,100,122)(H,101,121)(H,102,120)(H,103,124)(H,104,119)(H4,90,91,92)/t47-,52+,57-,58-,59-,60-,61-,62-,63-,64-,65?,66-,67-,68-,69?/m0/s1. The highest BCUT2D eigenvalue weighted by Crippen LogP contribution is 2.28. The van der Waals surface area contributed by atoms with Gasteiger partial charge in [0.15, 0.2) is 5.96 Å². The number of primary amides is 2. The number of likely N-dealkylation sites (N-methyl/N-ethyl adjacent to an activating group) is 3. The van der Waals surface area contributed by atoms with Gasteiger partial charge in [0.1, 0.15) is 90.3 Å². The van der Waals surface area contributed by atoms with Crippen LogP contribution in [0.1, 0.15) is 115 Å². The summed E-state index contributed by atoms with van der Waals surface area (Å²) in [5, 5.41) is 81.0. The number of nitrogens with two attached hydrogens (primary N) is 3. The molecule has 17 amide bonds. The van der Waals surface area contributed by atoms with Crippen LogP contribution in [0, 0.1) is 11.3 Å². The van der Waals surface area contributed by atoms with Crippen LogP contribution in [0.3, 0.4) is 0 Å². The van der Waals surface area contributed by atoms with Crippen LogP contribution in [0.25, 0.3) is 21.8 Å². The number of aliphatic hydroxyl groups is 3. The van der Waals surface area contributed by atoms with E-state index in [9.17, 15) is 68.4 Å². The third-order valence-corrected chi connectivity index (χ3v) is 25.0. The van der Waals surface area contributed by atoms with Gasteiger partial charge in [0, 0.05) is 106 Å². The molecule has 15 atom stereocenters. The average molecular weight is 1880 g/mol. The molecule has 24 N–H and O–H groups in total. The minimum absolute atomic E-state index is 0.0193. The van der Waals surface area contributed by atoms with Crippen LogP contribution in [0.5, 0.6) is 5.75 Å². The highest BCUT2D eigenvalue weighted by Gasteiger charge is 2.47. The Hall–Kier alpha value is -12.6. The number of H-pyrrole nitrogens is 2. The summed E-state index contributed by atoms with van der Waals surface area (Å²) in [7, 11) is 3.86. The van der Waals surface area contributed by atoms with E-state index >= 15 is 33.6 Å². The number of aromatic amines is 2. The van der Waals surface area contributed by atoms with Gasteiger partial charge in [0.2, 0.25) is 100 Å². The Labute approximate surface area is 771 Å². The number of phenolic OH excluding ortho intramolecular Hbond substituents is 1. The number of fused-ring (bicyclic) bond motifs is 4. The molecule has 5 heterocycles. The van der Waals surface area contributed by atoms with Gasteiger partial charge in [-0.1, -0.05) is 82.1 Å². The van der Waals surface area contributed by atoms with Gasteiger partial charge in [0.25, 0.3) is 0 Å². The third-order valence-electron chi connectivity index (χ3n) is 23.3. The number of para-hydroxylation sites is 2. The number of guanidine groups is 1. The Morgan fingerprint density at radius 3 is 1.68 bits per heavy atom. The van der Waals surface area contributed by atoms with Crippen molar-refractivity contribution in [3.8, 4) is 5.75 Å². The van der Waals surface area contributed by atoms with Crippen LogP contribution in [-0.4, -0.2) is 336 Å². The smallest absolute Gasteiger partial charge is 0.246 e. The second-order valence-corrected chi connectivity index (χ2v) is 35.5. The molecule has 0 saturated carbocycles. The highest BCUT2D eigenvalue weighted by atomic mass is 32.2. The van der Waals surface area contributed by atoms with Crippen molar-refractivity contribution < 1.29 is 102 Å². The van der Waals surface area contributed by atoms with E-state index in [0.29, 0.717) is 51.3 Å². The van der Waals surface area contributed by atoms with Gasteiger partial charge in [-0.05, 0) is 111 Å². The van der Waals surface area contributed by atoms with Gasteiger partial charge in [-0.25, -0.2) is 0 Å². The molecule has 45 heteroatoms. The number of aromatic nitrogens is 2. The molecule has 3 aromatic carbocycles. The fourth-order valence-corrected chi connectivity index (χ4v) is 17.3. The predicted octanol–water partition coefficient (Wildman–Crippen LogP) is -4.34. The van der Waals surface area contributed by atoms with Gasteiger partial charge < -0.3 is 131 Å². The Bertz CT molecular complexity index is 4960. The second-order valence-electron chi connectivity index (χ2n) is 33.5. The monoisotopic (exact) mass is 1880 g/mol. The topological polar surface area (TPSA) is 653 Å². The number of aliphatic hydroxyl groups excluding tert-OH is 3. The van der Waals surface area contributed by atoms with E-state index in [4.69, 9.17) is 22.6 Å². The number of rotatable bonds is 25. The van der Waals surface area contributed by atoms with Crippen molar-refractivity contribution in [2.75, 3.05) is 84.1 Å². The van der Waals surface area contributed by atoms with Crippen LogP contribution in [0.15, 0.2) is 85.2 Å². The normalized spacial score (nSPS) is 25.1. The first-order valence-electron chi connectivity index (χ1n) is 43.7. The molecule has 0 aliphatic carbocycles. The summed E-state index contributed by atoms with van der Waals surface area (Å²) in [6, 6.07) is -2.89. The van der Waals surface area contributed by atoms with E-state index in [1.807, 2.05) is 6.92 Å². The first-order chi connectivity index (χ1) is 62.8. The number of unbranched alkanes of at least 4 members (excludes halogenated alkanes) is 1. The van der Waals surface area contributed by atoms with Crippen molar-refractivity contribution in [3.63, 3.8) is 0 Å². The Morgan fingerprint density at radius 2 is 1.09 bits per heavy atom. The summed E-state index contributed by atoms with van der Waals surface area (Å²) < 4.78 is 0. The van der Waals surface area contributed by atoms with E-state index in [1.54, 1.807) is 81.0 Å². The van der Waals surface area contributed by atoms with Gasteiger partial charge in [0.05, 0.1) is 38.0 Å². The number of carbonyl (C=O) groups excluding carboxylic acids is 17. The van der Waals surface area contributed by atoms with Gasteiger partial charge >= 0.3 is 0 Å². The largest absolute Gasteiger partial charge is 0.508 e. The minimum atomic E-state index is -1.90. The molecule has 0 bridgehead atoms. The Kier molecular flexibility index (Phi) is 39.8. The van der Waals surface area contributed by atoms with Crippen LogP contribution in [-0.2, 0) is 101 Å². The number of nitrogens with one attached hydrogen (secondary N) is 14. The second kappa shape index (κ2) is 50.1. The number of nitrogens with zero attached hydrogens (tertiary/aromatic N) is 5. The number of amides is 17. The number of thioether (sulfide) groups is 2. The summed E-state index contributed by atoms with van der Waals surface area (Å²) in [4.78, 5) is 260. The summed E-state index contributed by atoms with van der Waals surface area (Å²) in [6.45, 7) is 2.89. The molecule has 132 heavy (non-hydrogen) atoms. The average Bonchev–Trinajstić information content (AvgIpc) is 1.22. The summed E-state index contributed by atoms with van der Waals surface area (Å²) in [5.41, 5.74) is 19.3. The lowest BCUT2D eigenvalue weighted by Gasteiger charge is -2.36. The molecule has 8 rings (SSSR count). The summed E-state index contributed by atoms with van der Waals surface area (Å²) in [6.07, 6.45) is 1.91. The molecule has 3 saturated heterocycles. The molecular formula is C87H124N22O21S2. The van der Waals surface area contributed by atoms with Crippen molar-refractivity contribution in [3.05, 3.63) is 102 Å². The SMILES string of the molecule is CCCC[C@H]1C(=O)N[C@@H](CCCNC(=N)N)C(=O)NC(C(=O)NCC(N)=O)CSCC(=O)N[C@@H](Cc2ccc(O)cc2)C(=O)N(C)[C@@H](C)C(=O)N[C@@H](CC(N)=O)C(=O)N2CCC[C@H]2C(=O)N[C@@H](CO)C(=O)N[C@@H](CC(C)C)C(=O)N2C[C@H](O)CC2C(=O)N[C@@H](Cc2c[nH]c3ccccc23)C(=O)N[C@@H](CO)C(=O)N[C@@H](Cc2c[nH]c3ccccc23)C(=O)N(C)[C@@H](CCSC)C(=O)N1C. The minimum Gasteiger partial charge on any atom is -0.508 e. The fraction of sp³-hybridized carbons (Fsp3) is 0.540. The van der Waals surface area contributed by atoms with Crippen molar-refractivity contribution in [2.24, 2.45) is 23.1 Å². The van der Waals surface area contributed by atoms with E-state index < -0.39 is 254 Å². The maximum Gasteiger partial charge on any atom is 0.246 e. The highest BCUT2D eigenvalue weighted by molar-refractivity contribution is 8.00. The molecule has 3 aliphatic heterocycles. The van der Waals surface area contributed by atoms with E-state index in [-0.39, 0.29) is 88.8 Å². The Balaban J connectivity index is 1.19. The fourth-order valence-electron chi connectivity index (χ4n) is 16.0. The van der Waals surface area contributed by atoms with Crippen molar-refractivity contribution in [2.45, 2.75) is 208 Å². The lowest BCUT2D eigenvalue weighted by Crippen LogP contribution is -2.62. The number of hydrogen-bond acceptors (Lipinski definition) is 24. The molecule has 2 unspecified atom stereocenters. The zero-order valence-electron chi connectivity index (χ0n) is 75.1. The quantitative estimate of drug-likeness (QED) is 0.0149. The summed E-state index contributed by atoms with van der Waals surface area (Å²) >= 11 is 2.07. The lowest BCUT2D eigenvalue weighted by atomic mass is 10.0. The van der Waals surface area contributed by atoms with Crippen LogP contribution < -0.4 is 75.7 Å². The molecule has 0 radical (unpaired) electrons. The van der Waals surface area contributed by atoms with Crippen LogP contribution in [0.2, 0.25) is 0 Å². The molecule has 5 aromatic rings. The first kappa shape index (κ1) is 105. The lowest BCUT2D eigenvalue weighted by molar-refractivity contribution is -0.149. The maximum absolute atomic E-state index is 15.7. The molecule has 3 aliphatic rings. The van der Waals surface area contributed by atoms with E-state index in [1.165, 1.54) is 64.1 Å². The van der Waals surface area contributed by atoms with E-state index in [2.05, 4.69) is 68.5 Å². The van der Waals surface area contributed by atoms with Crippen molar-refractivity contribution in [1.82, 2.24) is 93.0 Å². The number of benzene rings is 3. The molecule has 0 spiro atoms. The van der Waals surface area contributed by atoms with Gasteiger partial charge in [-0.2, -0.15) is 11.8 Å². The zero-order chi connectivity index (χ0) is 96.9. The number of hydrogen-bond donors (Lipinski definition) is 21. The van der Waals surface area contributed by atoms with Crippen LogP contribution in [0.4, 0.5) is 0 Å². The molecule has 43 nitrogen and oxygen atoms in total. The number of phenols is 1.